The largest absolute Gasteiger partial charge is 0.315 e. The van der Waals surface area contributed by atoms with Gasteiger partial charge in [0, 0.05) is 17.1 Å². The molecule has 4 nitrogen and oxygen atoms in total. The highest BCUT2D eigenvalue weighted by molar-refractivity contribution is 9.10. The maximum atomic E-state index is 13.1. The van der Waals surface area contributed by atoms with Gasteiger partial charge in [0.15, 0.2) is 0 Å². The van der Waals surface area contributed by atoms with Crippen LogP contribution in [-0.2, 0) is 10.0 Å². The zero-order valence-corrected chi connectivity index (χ0v) is 13.1. The van der Waals surface area contributed by atoms with Crippen molar-refractivity contribution < 1.29 is 12.8 Å². The fourth-order valence-corrected chi connectivity index (χ4v) is 5.10. The Morgan fingerprint density at radius 2 is 2.21 bits per heavy atom. The molecule has 0 radical (unpaired) electrons. The van der Waals surface area contributed by atoms with Gasteiger partial charge in [-0.25, -0.2) is 17.5 Å². The average Bonchev–Trinajstić information content (AvgIpc) is 2.27. The van der Waals surface area contributed by atoms with Crippen LogP contribution in [0.25, 0.3) is 0 Å². The molecule has 0 bridgehead atoms. The molecule has 2 N–H and O–H groups in total. The molecule has 19 heavy (non-hydrogen) atoms. The van der Waals surface area contributed by atoms with Crippen molar-refractivity contribution in [3.05, 3.63) is 27.4 Å². The molecule has 2 rings (SSSR count). The van der Waals surface area contributed by atoms with Crippen LogP contribution in [0.5, 0.6) is 0 Å². The molecule has 1 saturated heterocycles. The van der Waals surface area contributed by atoms with Crippen LogP contribution >= 0.6 is 27.5 Å². The van der Waals surface area contributed by atoms with Gasteiger partial charge in [0.05, 0.1) is 5.02 Å². The molecule has 1 fully saturated rings. The molecule has 8 heteroatoms. The van der Waals surface area contributed by atoms with Crippen molar-refractivity contribution in [2.45, 2.75) is 23.8 Å². The van der Waals surface area contributed by atoms with E-state index >= 15 is 0 Å². The van der Waals surface area contributed by atoms with Crippen LogP contribution in [0.2, 0.25) is 5.02 Å². The molecule has 1 atom stereocenters. The Morgan fingerprint density at radius 1 is 1.47 bits per heavy atom. The Hall–Kier alpha value is -0.210. The Kier molecular flexibility index (Phi) is 4.84. The number of benzene rings is 1. The van der Waals surface area contributed by atoms with E-state index < -0.39 is 15.8 Å². The Labute approximate surface area is 124 Å². The maximum Gasteiger partial charge on any atom is 0.243 e. The monoisotopic (exact) mass is 370 g/mol. The molecule has 0 aliphatic carbocycles. The quantitative estimate of drug-likeness (QED) is 0.857. The lowest BCUT2D eigenvalue weighted by molar-refractivity contribution is 0.428. The minimum absolute atomic E-state index is 0.119. The van der Waals surface area contributed by atoms with Crippen molar-refractivity contribution in [3.63, 3.8) is 0 Å². The van der Waals surface area contributed by atoms with Gasteiger partial charge in [0.1, 0.15) is 10.7 Å². The fraction of sp³-hybridized carbons (Fsp3) is 0.455. The summed E-state index contributed by atoms with van der Waals surface area (Å²) in [5.74, 6) is -0.588. The number of rotatable bonds is 3. The minimum Gasteiger partial charge on any atom is -0.315 e. The molecular formula is C11H13BrClFN2O2S. The van der Waals surface area contributed by atoms with Gasteiger partial charge in [-0.1, -0.05) is 11.6 Å². The lowest BCUT2D eigenvalue weighted by Crippen LogP contribution is -2.45. The number of sulfonamides is 1. The topological polar surface area (TPSA) is 58.2 Å². The highest BCUT2D eigenvalue weighted by Gasteiger charge is 2.26. The highest BCUT2D eigenvalue weighted by atomic mass is 79.9. The second kappa shape index (κ2) is 6.05. The highest BCUT2D eigenvalue weighted by Crippen LogP contribution is 2.30. The van der Waals surface area contributed by atoms with Crippen molar-refractivity contribution in [3.8, 4) is 0 Å². The normalized spacial score (nSPS) is 20.5. The molecule has 1 unspecified atom stereocenters. The minimum atomic E-state index is -3.77. The Bertz CT molecular complexity index is 553. The molecule has 0 saturated carbocycles. The van der Waals surface area contributed by atoms with Crippen molar-refractivity contribution in [1.82, 2.24) is 10.0 Å². The summed E-state index contributed by atoms with van der Waals surface area (Å²) in [4.78, 5) is -0.124. The van der Waals surface area contributed by atoms with E-state index in [0.29, 0.717) is 6.54 Å². The average molecular weight is 372 g/mol. The number of piperidine rings is 1. The van der Waals surface area contributed by atoms with Gasteiger partial charge in [-0.2, -0.15) is 0 Å². The van der Waals surface area contributed by atoms with Crippen molar-refractivity contribution in [1.29, 1.82) is 0 Å². The molecule has 1 aliphatic rings. The lowest BCUT2D eigenvalue weighted by Gasteiger charge is -2.24. The van der Waals surface area contributed by atoms with Crippen LogP contribution in [0.15, 0.2) is 21.5 Å². The Balaban J connectivity index is 2.29. The molecule has 0 aromatic heterocycles. The number of hydrogen-bond donors (Lipinski definition) is 2. The van der Waals surface area contributed by atoms with Crippen LogP contribution < -0.4 is 10.0 Å². The number of halogens is 3. The first-order valence-corrected chi connectivity index (χ1v) is 8.43. The van der Waals surface area contributed by atoms with Gasteiger partial charge in [-0.15, -0.1) is 0 Å². The zero-order chi connectivity index (χ0) is 14.0. The first kappa shape index (κ1) is 15.2. The van der Waals surface area contributed by atoms with E-state index in [2.05, 4.69) is 26.0 Å². The predicted octanol–water partition coefficient (Wildman–Crippen LogP) is 2.27. The predicted molar refractivity (Wildman–Crippen MR) is 75.3 cm³/mol. The van der Waals surface area contributed by atoms with Crippen molar-refractivity contribution in [2.24, 2.45) is 0 Å². The van der Waals surface area contributed by atoms with Crippen LogP contribution in [0.1, 0.15) is 12.8 Å². The first-order chi connectivity index (χ1) is 8.90. The van der Waals surface area contributed by atoms with Crippen LogP contribution in [-0.4, -0.2) is 27.5 Å². The van der Waals surface area contributed by atoms with Gasteiger partial charge in [0.2, 0.25) is 10.0 Å². The van der Waals surface area contributed by atoms with Gasteiger partial charge < -0.3 is 5.32 Å². The maximum absolute atomic E-state index is 13.1. The smallest absolute Gasteiger partial charge is 0.243 e. The fourth-order valence-electron chi connectivity index (χ4n) is 2.02. The summed E-state index contributed by atoms with van der Waals surface area (Å²) < 4.78 is 40.4. The first-order valence-electron chi connectivity index (χ1n) is 5.78. The van der Waals surface area contributed by atoms with Crippen LogP contribution in [0.4, 0.5) is 4.39 Å². The SMILES string of the molecule is O=S(=O)(NC1CCCNC1)c1c(Cl)cc(F)cc1Br. The van der Waals surface area contributed by atoms with Crippen LogP contribution in [0, 0.1) is 5.82 Å². The molecule has 1 aromatic carbocycles. The van der Waals surface area contributed by atoms with E-state index in [1.807, 2.05) is 0 Å². The summed E-state index contributed by atoms with van der Waals surface area (Å²) in [6.45, 7) is 1.47. The van der Waals surface area contributed by atoms with E-state index in [1.54, 1.807) is 0 Å². The van der Waals surface area contributed by atoms with Gasteiger partial charge in [-0.3, -0.25) is 0 Å². The molecular weight excluding hydrogens is 359 g/mol. The van der Waals surface area contributed by atoms with E-state index in [4.69, 9.17) is 11.6 Å². The summed E-state index contributed by atoms with van der Waals surface area (Å²) in [5, 5.41) is 2.98. The van der Waals surface area contributed by atoms with Gasteiger partial charge in [-0.05, 0) is 47.4 Å². The molecule has 1 aliphatic heterocycles. The standard InChI is InChI=1S/C11H13BrClFN2O2S/c12-9-4-7(14)5-10(13)11(9)19(17,18)16-8-2-1-3-15-6-8/h4-5,8,15-16H,1-3,6H2. The Morgan fingerprint density at radius 3 is 2.79 bits per heavy atom. The van der Waals surface area contributed by atoms with Crippen molar-refractivity contribution in [2.75, 3.05) is 13.1 Å². The van der Waals surface area contributed by atoms with E-state index in [0.717, 1.165) is 31.5 Å². The van der Waals surface area contributed by atoms with E-state index in [-0.39, 0.29) is 20.4 Å². The summed E-state index contributed by atoms with van der Waals surface area (Å²) >= 11 is 8.87. The summed E-state index contributed by atoms with van der Waals surface area (Å²) in [7, 11) is -3.77. The summed E-state index contributed by atoms with van der Waals surface area (Å²) in [5.41, 5.74) is 0. The van der Waals surface area contributed by atoms with E-state index in [1.165, 1.54) is 0 Å². The third-order valence-corrected chi connectivity index (χ3v) is 5.77. The van der Waals surface area contributed by atoms with Gasteiger partial charge >= 0.3 is 0 Å². The molecule has 0 spiro atoms. The summed E-state index contributed by atoms with van der Waals surface area (Å²) in [6, 6.07) is 1.89. The number of nitrogens with one attached hydrogen (secondary N) is 2. The number of hydrogen-bond acceptors (Lipinski definition) is 3. The third kappa shape index (κ3) is 3.66. The lowest BCUT2D eigenvalue weighted by atomic mass is 10.1. The molecule has 1 heterocycles. The summed E-state index contributed by atoms with van der Waals surface area (Å²) in [6.07, 6.45) is 1.67. The second-order valence-electron chi connectivity index (χ2n) is 4.36. The van der Waals surface area contributed by atoms with Crippen LogP contribution in [0.3, 0.4) is 0 Å². The second-order valence-corrected chi connectivity index (χ2v) is 7.28. The van der Waals surface area contributed by atoms with E-state index in [9.17, 15) is 12.8 Å². The van der Waals surface area contributed by atoms with Crippen molar-refractivity contribution >= 4 is 37.6 Å². The third-order valence-electron chi connectivity index (χ3n) is 2.85. The van der Waals surface area contributed by atoms with Gasteiger partial charge in [0.25, 0.3) is 0 Å². The molecule has 0 amide bonds. The molecule has 1 aromatic rings. The molecule has 106 valence electrons. The zero-order valence-electron chi connectivity index (χ0n) is 9.92.